The van der Waals surface area contributed by atoms with E-state index in [4.69, 9.17) is 8.83 Å². The summed E-state index contributed by atoms with van der Waals surface area (Å²) in [6, 6.07) is 47.1. The van der Waals surface area contributed by atoms with E-state index in [0.29, 0.717) is 0 Å². The maximum absolute atomic E-state index is 6.64. The Hall–Kier alpha value is -6.12. The van der Waals surface area contributed by atoms with Gasteiger partial charge < -0.3 is 8.83 Å². The van der Waals surface area contributed by atoms with Gasteiger partial charge in [0.05, 0.1) is 0 Å². The molecule has 0 atom stereocenters. The van der Waals surface area contributed by atoms with Crippen LogP contribution in [0.2, 0.25) is 0 Å². The van der Waals surface area contributed by atoms with Crippen molar-refractivity contribution < 1.29 is 8.83 Å². The molecule has 0 N–H and O–H groups in total. The van der Waals surface area contributed by atoms with E-state index in [-0.39, 0.29) is 5.41 Å². The number of furan rings is 2. The Morgan fingerprint density at radius 2 is 1.15 bits per heavy atom. The minimum absolute atomic E-state index is 0.0510. The lowest BCUT2D eigenvalue weighted by Gasteiger charge is -2.23. The molecule has 1 aliphatic carbocycles. The SMILES string of the molecule is CC(C)(C)c1cc2ccc3c(-c4ccc(-c5cccc6c7c(oc56)C=CCC7)cc4)cc(-c4cccc5c4oc4ccccc45)c4ccc(c1)c2c34. The van der Waals surface area contributed by atoms with Crippen LogP contribution in [0.5, 0.6) is 0 Å². The predicted octanol–water partition coefficient (Wildman–Crippen LogP) is 14.5. The van der Waals surface area contributed by atoms with Crippen molar-refractivity contribution in [3.05, 3.63) is 150 Å². The Balaban J connectivity index is 1.17. The van der Waals surface area contributed by atoms with Gasteiger partial charge in [0.15, 0.2) is 0 Å². The molecule has 0 spiro atoms. The molecule has 0 saturated heterocycles. The molecule has 2 heteroatoms. The monoisotopic (exact) mass is 668 g/mol. The van der Waals surface area contributed by atoms with E-state index < -0.39 is 0 Å². The van der Waals surface area contributed by atoms with Crippen LogP contribution in [0.1, 0.15) is 44.1 Å². The number of benzene rings is 8. The molecule has 0 fully saturated rings. The number of allylic oxidation sites excluding steroid dienone is 1. The summed E-state index contributed by atoms with van der Waals surface area (Å²) in [6.45, 7) is 6.89. The summed E-state index contributed by atoms with van der Waals surface area (Å²) < 4.78 is 13.1. The fourth-order valence-electron chi connectivity index (χ4n) is 8.83. The molecule has 0 bridgehead atoms. The Kier molecular flexibility index (Phi) is 6.09. The zero-order chi connectivity index (χ0) is 34.7. The summed E-state index contributed by atoms with van der Waals surface area (Å²) in [5.41, 5.74) is 12.5. The van der Waals surface area contributed by atoms with Gasteiger partial charge in [-0.1, -0.05) is 142 Å². The third-order valence-electron chi connectivity index (χ3n) is 11.5. The van der Waals surface area contributed by atoms with Gasteiger partial charge in [0.2, 0.25) is 0 Å². The molecule has 0 saturated carbocycles. The molecule has 2 nitrogen and oxygen atoms in total. The van der Waals surface area contributed by atoms with Crippen LogP contribution < -0.4 is 0 Å². The summed E-state index contributed by atoms with van der Waals surface area (Å²) in [5.74, 6) is 1.00. The highest BCUT2D eigenvalue weighted by Gasteiger charge is 2.23. The van der Waals surface area contributed by atoms with Gasteiger partial charge in [-0.2, -0.15) is 0 Å². The van der Waals surface area contributed by atoms with Crippen molar-refractivity contribution in [3.63, 3.8) is 0 Å². The van der Waals surface area contributed by atoms with Crippen LogP contribution in [0.3, 0.4) is 0 Å². The van der Waals surface area contributed by atoms with Gasteiger partial charge in [0.1, 0.15) is 22.5 Å². The molecule has 248 valence electrons. The van der Waals surface area contributed by atoms with E-state index in [9.17, 15) is 0 Å². The topological polar surface area (TPSA) is 26.3 Å². The lowest BCUT2D eigenvalue weighted by Crippen LogP contribution is -2.10. The second-order valence-electron chi connectivity index (χ2n) is 15.5. The van der Waals surface area contributed by atoms with E-state index in [1.54, 1.807) is 0 Å². The third-order valence-corrected chi connectivity index (χ3v) is 11.5. The largest absolute Gasteiger partial charge is 0.456 e. The average molecular weight is 669 g/mol. The molecule has 10 aromatic rings. The van der Waals surface area contributed by atoms with Crippen LogP contribution in [0.15, 0.2) is 142 Å². The highest BCUT2D eigenvalue weighted by Crippen LogP contribution is 2.47. The summed E-state index contributed by atoms with van der Waals surface area (Å²) in [4.78, 5) is 0. The van der Waals surface area contributed by atoms with Crippen molar-refractivity contribution in [3.8, 4) is 33.4 Å². The van der Waals surface area contributed by atoms with Gasteiger partial charge in [-0.25, -0.2) is 0 Å². The van der Waals surface area contributed by atoms with Crippen LogP contribution >= 0.6 is 0 Å². The fraction of sp³-hybridized carbons (Fsp3) is 0.120. The van der Waals surface area contributed by atoms with E-state index in [0.717, 1.165) is 62.8 Å². The van der Waals surface area contributed by atoms with Gasteiger partial charge in [-0.05, 0) is 96.6 Å². The minimum Gasteiger partial charge on any atom is -0.456 e. The molecule has 0 aliphatic heterocycles. The van der Waals surface area contributed by atoms with Crippen molar-refractivity contribution in [2.75, 3.05) is 0 Å². The molecule has 52 heavy (non-hydrogen) atoms. The van der Waals surface area contributed by atoms with Gasteiger partial charge in [-0.15, -0.1) is 0 Å². The average Bonchev–Trinajstić information content (AvgIpc) is 3.75. The normalized spacial score (nSPS) is 13.4. The number of para-hydroxylation sites is 3. The fourth-order valence-corrected chi connectivity index (χ4v) is 8.83. The Morgan fingerprint density at radius 1 is 0.500 bits per heavy atom. The van der Waals surface area contributed by atoms with Crippen molar-refractivity contribution in [2.45, 2.75) is 39.0 Å². The second kappa shape index (κ2) is 10.7. The molecule has 2 aromatic heterocycles. The summed E-state index contributed by atoms with van der Waals surface area (Å²) >= 11 is 0. The van der Waals surface area contributed by atoms with E-state index in [1.807, 2.05) is 6.07 Å². The van der Waals surface area contributed by atoms with Crippen LogP contribution in [0.25, 0.3) is 105 Å². The first-order chi connectivity index (χ1) is 25.4. The summed E-state index contributed by atoms with van der Waals surface area (Å²) in [5, 5.41) is 11.2. The van der Waals surface area contributed by atoms with E-state index in [1.165, 1.54) is 65.5 Å². The van der Waals surface area contributed by atoms with Crippen LogP contribution in [0.4, 0.5) is 0 Å². The highest BCUT2D eigenvalue weighted by atomic mass is 16.3. The molecular weight excluding hydrogens is 633 g/mol. The summed E-state index contributed by atoms with van der Waals surface area (Å²) in [6.07, 6.45) is 6.43. The molecule has 0 radical (unpaired) electrons. The second-order valence-corrected chi connectivity index (χ2v) is 15.5. The van der Waals surface area contributed by atoms with E-state index >= 15 is 0 Å². The third kappa shape index (κ3) is 4.24. The number of hydrogen-bond donors (Lipinski definition) is 0. The van der Waals surface area contributed by atoms with Gasteiger partial charge in [0.25, 0.3) is 0 Å². The predicted molar refractivity (Wildman–Crippen MR) is 220 cm³/mol. The maximum atomic E-state index is 6.64. The molecular formula is C50H36O2. The van der Waals surface area contributed by atoms with E-state index in [2.05, 4.69) is 154 Å². The van der Waals surface area contributed by atoms with Crippen molar-refractivity contribution in [2.24, 2.45) is 0 Å². The summed E-state index contributed by atoms with van der Waals surface area (Å²) in [7, 11) is 0. The Morgan fingerprint density at radius 3 is 1.92 bits per heavy atom. The van der Waals surface area contributed by atoms with Crippen LogP contribution in [-0.4, -0.2) is 0 Å². The molecule has 2 heterocycles. The lowest BCUT2D eigenvalue weighted by molar-refractivity contribution is 0.591. The zero-order valence-corrected chi connectivity index (χ0v) is 29.5. The minimum atomic E-state index is 0.0510. The molecule has 0 unspecified atom stereocenters. The quantitative estimate of drug-likeness (QED) is 0.175. The number of hydrogen-bond acceptors (Lipinski definition) is 2. The van der Waals surface area contributed by atoms with Crippen molar-refractivity contribution in [1.82, 2.24) is 0 Å². The van der Waals surface area contributed by atoms with Gasteiger partial charge in [-0.3, -0.25) is 0 Å². The molecule has 11 rings (SSSR count). The van der Waals surface area contributed by atoms with Crippen LogP contribution in [-0.2, 0) is 11.8 Å². The standard InChI is InChI=1S/C50H36O2/c1-50(2,3)33-26-31-22-24-37-42(30-20-18-29(19-21-30)34-12-8-13-39-35-10-4-6-16-44(35)51-48(34)39)28-43(38-25-23-32(27-33)46(31)47(37)38)41-15-9-14-40-36-11-5-7-17-45(36)52-49(40)41/h5-9,11-28H,4,10H2,1-3H3. The van der Waals surface area contributed by atoms with Gasteiger partial charge >= 0.3 is 0 Å². The number of fused-ring (bicyclic) bond motifs is 6. The maximum Gasteiger partial charge on any atom is 0.143 e. The number of rotatable bonds is 3. The Bertz CT molecular complexity index is 3070. The Labute approximate surface area is 301 Å². The van der Waals surface area contributed by atoms with Crippen molar-refractivity contribution in [1.29, 1.82) is 0 Å². The first kappa shape index (κ1) is 29.6. The highest BCUT2D eigenvalue weighted by molar-refractivity contribution is 6.29. The molecule has 1 aliphatic rings. The molecule has 0 amide bonds. The number of aryl methyl sites for hydroxylation is 1. The first-order valence-corrected chi connectivity index (χ1v) is 18.4. The van der Waals surface area contributed by atoms with Crippen molar-refractivity contribution >= 4 is 71.3 Å². The van der Waals surface area contributed by atoms with Gasteiger partial charge in [0, 0.05) is 32.8 Å². The van der Waals surface area contributed by atoms with Crippen LogP contribution in [0, 0.1) is 0 Å². The molecule has 8 aromatic carbocycles. The smallest absolute Gasteiger partial charge is 0.143 e. The lowest BCUT2D eigenvalue weighted by atomic mass is 9.81. The first-order valence-electron chi connectivity index (χ1n) is 18.4. The zero-order valence-electron chi connectivity index (χ0n) is 29.5.